The van der Waals surface area contributed by atoms with Crippen LogP contribution in [0.5, 0.6) is 0 Å². The van der Waals surface area contributed by atoms with Crippen LogP contribution in [0.2, 0.25) is 0 Å². The van der Waals surface area contributed by atoms with E-state index in [0.29, 0.717) is 6.42 Å². The van der Waals surface area contributed by atoms with Crippen LogP contribution in [0.1, 0.15) is 6.42 Å². The summed E-state index contributed by atoms with van der Waals surface area (Å²) < 4.78 is 0. The zero-order valence-corrected chi connectivity index (χ0v) is 5.82. The van der Waals surface area contributed by atoms with E-state index in [1.54, 1.807) is 11.6 Å². The summed E-state index contributed by atoms with van der Waals surface area (Å²) in [5, 5.41) is 9.85. The molecule has 62 valence electrons. The molecule has 0 aromatic carbocycles. The molecule has 3 N–H and O–H groups in total. The third-order valence-electron chi connectivity index (χ3n) is 1.45. The van der Waals surface area contributed by atoms with Crippen molar-refractivity contribution in [2.75, 3.05) is 0 Å². The number of rotatable bonds is 2. The number of hydroxylamine groups is 1. The van der Waals surface area contributed by atoms with E-state index in [0.717, 1.165) is 0 Å². The topological polar surface area (TPSA) is 87.4 Å². The van der Waals surface area contributed by atoms with Gasteiger partial charge in [-0.15, -0.1) is 0 Å². The molecule has 0 aliphatic heterocycles. The highest BCUT2D eigenvalue weighted by molar-refractivity contribution is 5.60. The van der Waals surface area contributed by atoms with Gasteiger partial charge in [0.25, 0.3) is 0 Å². The molecule has 5 nitrogen and oxygen atoms in total. The van der Waals surface area contributed by atoms with Crippen molar-refractivity contribution in [1.82, 2.24) is 5.48 Å². The Morgan fingerprint density at radius 2 is 2.55 bits per heavy atom. The lowest BCUT2D eigenvalue weighted by molar-refractivity contribution is -0.266. The van der Waals surface area contributed by atoms with Crippen LogP contribution in [0.25, 0.3) is 0 Å². The second kappa shape index (κ2) is 3.36. The molecule has 0 spiro atoms. The molecule has 0 fully saturated rings. The van der Waals surface area contributed by atoms with Crippen molar-refractivity contribution in [1.29, 1.82) is 0 Å². The van der Waals surface area contributed by atoms with Crippen molar-refractivity contribution in [2.24, 2.45) is 5.73 Å². The molecule has 1 aliphatic rings. The molecule has 0 aromatic rings. The Morgan fingerprint density at radius 1 is 1.82 bits per heavy atom. The quantitative estimate of drug-likeness (QED) is 0.377. The molecular formula is C6H9N2O3-. The van der Waals surface area contributed by atoms with Gasteiger partial charge in [0.2, 0.25) is 0 Å². The Labute approximate surface area is 63.8 Å². The first kappa shape index (κ1) is 8.03. The van der Waals surface area contributed by atoms with E-state index in [4.69, 9.17) is 5.73 Å². The number of nitrogens with one attached hydrogen (secondary N) is 1. The first-order chi connectivity index (χ1) is 5.20. The van der Waals surface area contributed by atoms with Gasteiger partial charge in [0.15, 0.2) is 6.09 Å². The lowest BCUT2D eigenvalue weighted by Crippen LogP contribution is -2.42. The molecule has 0 saturated carbocycles. The summed E-state index contributed by atoms with van der Waals surface area (Å²) in [5.41, 5.74) is 7.20. The SMILES string of the molecule is NC1C=CCC1ONC(=O)[O-]. The van der Waals surface area contributed by atoms with Gasteiger partial charge < -0.3 is 15.6 Å². The van der Waals surface area contributed by atoms with Gasteiger partial charge in [0.1, 0.15) is 6.10 Å². The van der Waals surface area contributed by atoms with E-state index < -0.39 is 6.09 Å². The van der Waals surface area contributed by atoms with Crippen molar-refractivity contribution in [3.05, 3.63) is 12.2 Å². The number of amides is 1. The van der Waals surface area contributed by atoms with Gasteiger partial charge in [0.05, 0.1) is 6.04 Å². The Morgan fingerprint density at radius 3 is 3.00 bits per heavy atom. The fraction of sp³-hybridized carbons (Fsp3) is 0.500. The molecule has 1 rings (SSSR count). The average molecular weight is 157 g/mol. The maximum absolute atomic E-state index is 9.85. The van der Waals surface area contributed by atoms with Crippen LogP contribution in [0.3, 0.4) is 0 Å². The second-order valence-electron chi connectivity index (χ2n) is 2.29. The molecule has 5 heteroatoms. The Bertz CT molecular complexity index is 181. The van der Waals surface area contributed by atoms with E-state index >= 15 is 0 Å². The van der Waals surface area contributed by atoms with Gasteiger partial charge >= 0.3 is 0 Å². The lowest BCUT2D eigenvalue weighted by atomic mass is 10.2. The van der Waals surface area contributed by atoms with Crippen LogP contribution in [0.15, 0.2) is 12.2 Å². The molecule has 1 aliphatic carbocycles. The molecule has 11 heavy (non-hydrogen) atoms. The highest BCUT2D eigenvalue weighted by Gasteiger charge is 2.19. The minimum absolute atomic E-state index is 0.234. The molecule has 0 heterocycles. The van der Waals surface area contributed by atoms with Crippen LogP contribution >= 0.6 is 0 Å². The van der Waals surface area contributed by atoms with Gasteiger partial charge in [-0.2, -0.15) is 0 Å². The Kier molecular flexibility index (Phi) is 2.45. The summed E-state index contributed by atoms with van der Waals surface area (Å²) in [5.74, 6) is 0. The molecule has 2 unspecified atom stereocenters. The van der Waals surface area contributed by atoms with Crippen molar-refractivity contribution in [3.8, 4) is 0 Å². The predicted octanol–water partition coefficient (Wildman–Crippen LogP) is -1.49. The molecular weight excluding hydrogens is 148 g/mol. The van der Waals surface area contributed by atoms with Crippen molar-refractivity contribution < 1.29 is 14.7 Å². The van der Waals surface area contributed by atoms with E-state index in [2.05, 4.69) is 4.84 Å². The summed E-state index contributed by atoms with van der Waals surface area (Å²) >= 11 is 0. The zero-order chi connectivity index (χ0) is 8.27. The number of hydrogen-bond donors (Lipinski definition) is 2. The van der Waals surface area contributed by atoms with E-state index in [9.17, 15) is 9.90 Å². The van der Waals surface area contributed by atoms with Gasteiger partial charge in [-0.05, 0) is 6.42 Å². The zero-order valence-electron chi connectivity index (χ0n) is 5.82. The van der Waals surface area contributed by atoms with Crippen molar-refractivity contribution >= 4 is 6.09 Å². The maximum Gasteiger partial charge on any atom is 0.159 e. The summed E-state index contributed by atoms with van der Waals surface area (Å²) in [6.07, 6.45) is 2.48. The third kappa shape index (κ3) is 2.21. The van der Waals surface area contributed by atoms with Gasteiger partial charge in [-0.3, -0.25) is 10.3 Å². The molecule has 0 bridgehead atoms. The minimum Gasteiger partial charge on any atom is -0.528 e. The summed E-state index contributed by atoms with van der Waals surface area (Å²) in [6, 6.07) is -0.234. The van der Waals surface area contributed by atoms with E-state index in [-0.39, 0.29) is 12.1 Å². The van der Waals surface area contributed by atoms with Crippen molar-refractivity contribution in [2.45, 2.75) is 18.6 Å². The van der Waals surface area contributed by atoms with Crippen LogP contribution in [0, 0.1) is 0 Å². The average Bonchev–Trinajstić information content (AvgIpc) is 2.31. The van der Waals surface area contributed by atoms with E-state index in [1.807, 2.05) is 6.08 Å². The maximum atomic E-state index is 9.85. The summed E-state index contributed by atoms with van der Waals surface area (Å²) in [6.45, 7) is 0. The molecule has 2 atom stereocenters. The number of nitrogens with two attached hydrogens (primary N) is 1. The lowest BCUT2D eigenvalue weighted by Gasteiger charge is -2.16. The van der Waals surface area contributed by atoms with Gasteiger partial charge in [-0.1, -0.05) is 12.2 Å². The molecule has 1 amide bonds. The predicted molar refractivity (Wildman–Crippen MR) is 35.1 cm³/mol. The smallest absolute Gasteiger partial charge is 0.159 e. The summed E-state index contributed by atoms with van der Waals surface area (Å²) in [4.78, 5) is 14.5. The third-order valence-corrected chi connectivity index (χ3v) is 1.45. The Hall–Kier alpha value is -1.07. The van der Waals surface area contributed by atoms with E-state index in [1.165, 1.54) is 0 Å². The number of carbonyl (C=O) groups is 1. The first-order valence-corrected chi connectivity index (χ1v) is 3.25. The van der Waals surface area contributed by atoms with Crippen LogP contribution in [0.4, 0.5) is 4.79 Å². The van der Waals surface area contributed by atoms with Crippen LogP contribution in [-0.4, -0.2) is 18.2 Å². The van der Waals surface area contributed by atoms with Gasteiger partial charge in [0, 0.05) is 0 Å². The fourth-order valence-electron chi connectivity index (χ4n) is 0.901. The van der Waals surface area contributed by atoms with Crippen LogP contribution in [-0.2, 0) is 4.84 Å². The van der Waals surface area contributed by atoms with Gasteiger partial charge in [-0.25, -0.2) is 0 Å². The monoisotopic (exact) mass is 157 g/mol. The first-order valence-electron chi connectivity index (χ1n) is 3.25. The van der Waals surface area contributed by atoms with Crippen LogP contribution < -0.4 is 16.3 Å². The largest absolute Gasteiger partial charge is 0.528 e. The number of carboxylic acid groups (broad SMARTS) is 1. The fourth-order valence-corrected chi connectivity index (χ4v) is 0.901. The molecule has 0 aromatic heterocycles. The number of carbonyl (C=O) groups excluding carboxylic acids is 1. The minimum atomic E-state index is -1.45. The van der Waals surface area contributed by atoms with Crippen molar-refractivity contribution in [3.63, 3.8) is 0 Å². The molecule has 0 saturated heterocycles. The Balaban J connectivity index is 2.23. The highest BCUT2D eigenvalue weighted by atomic mass is 16.7. The molecule has 0 radical (unpaired) electrons. The summed E-state index contributed by atoms with van der Waals surface area (Å²) in [7, 11) is 0. The standard InChI is InChI=1S/C6H10N2O3/c7-4-2-1-3-5(4)11-8-6(9)10/h1-2,4-5,8H,3,7H2,(H,9,10)/p-1. The second-order valence-corrected chi connectivity index (χ2v) is 2.29. The highest BCUT2D eigenvalue weighted by Crippen LogP contribution is 2.10. The normalized spacial score (nSPS) is 28.8. The number of hydrogen-bond acceptors (Lipinski definition) is 4.